The fourth-order valence-corrected chi connectivity index (χ4v) is 3.67. The van der Waals surface area contributed by atoms with Gasteiger partial charge in [0.05, 0.1) is 6.20 Å². The first kappa shape index (κ1) is 15.0. The average Bonchev–Trinajstić information content (AvgIpc) is 3.04. The number of piperidine rings is 1. The number of carbonyl (C=O) groups excluding carboxylic acids is 1. The number of amides is 1. The maximum atomic E-state index is 12.5. The van der Waals surface area contributed by atoms with Gasteiger partial charge < -0.3 is 10.2 Å². The van der Waals surface area contributed by atoms with Gasteiger partial charge in [-0.25, -0.2) is 4.98 Å². The van der Waals surface area contributed by atoms with Crippen LogP contribution in [0.2, 0.25) is 0 Å². The highest BCUT2D eigenvalue weighted by atomic mass is 32.1. The molecule has 2 aromatic heterocycles. The molecule has 0 atom stereocenters. The Morgan fingerprint density at radius 3 is 2.77 bits per heavy atom. The van der Waals surface area contributed by atoms with E-state index in [2.05, 4.69) is 27.4 Å². The summed E-state index contributed by atoms with van der Waals surface area (Å²) in [4.78, 5) is 23.5. The lowest BCUT2D eigenvalue weighted by molar-refractivity contribution is 0.0717. The molecule has 1 fully saturated rings. The molecular formula is C16H20N4OS. The van der Waals surface area contributed by atoms with Crippen LogP contribution >= 0.6 is 11.3 Å². The molecular weight excluding hydrogens is 296 g/mol. The molecule has 0 spiro atoms. The highest BCUT2D eigenvalue weighted by Gasteiger charge is 2.25. The van der Waals surface area contributed by atoms with Crippen molar-refractivity contribution in [1.82, 2.24) is 14.9 Å². The van der Waals surface area contributed by atoms with Crippen LogP contribution < -0.4 is 5.32 Å². The van der Waals surface area contributed by atoms with Crippen molar-refractivity contribution >= 4 is 22.4 Å². The molecule has 1 aliphatic rings. The maximum absolute atomic E-state index is 12.5. The van der Waals surface area contributed by atoms with Crippen molar-refractivity contribution in [2.75, 3.05) is 25.0 Å². The number of carbonyl (C=O) groups is 1. The lowest BCUT2D eigenvalue weighted by atomic mass is 9.90. The third kappa shape index (κ3) is 3.27. The van der Waals surface area contributed by atoms with Gasteiger partial charge in [-0.2, -0.15) is 0 Å². The van der Waals surface area contributed by atoms with Crippen molar-refractivity contribution in [1.29, 1.82) is 0 Å². The number of pyridine rings is 1. The fraction of sp³-hybridized carbons (Fsp3) is 0.438. The Hall–Kier alpha value is -1.95. The lowest BCUT2D eigenvalue weighted by Crippen LogP contribution is -2.37. The van der Waals surface area contributed by atoms with Crippen molar-refractivity contribution in [3.05, 3.63) is 41.2 Å². The van der Waals surface area contributed by atoms with Crippen LogP contribution in [0.4, 0.5) is 5.13 Å². The Kier molecular flexibility index (Phi) is 4.68. The largest absolute Gasteiger partial charge is 0.362 e. The molecule has 1 N–H and O–H groups in total. The van der Waals surface area contributed by atoms with Crippen molar-refractivity contribution in [3.8, 4) is 0 Å². The predicted octanol–water partition coefficient (Wildman–Crippen LogP) is 2.99. The van der Waals surface area contributed by atoms with E-state index in [0.717, 1.165) is 42.5 Å². The first-order chi connectivity index (χ1) is 10.8. The summed E-state index contributed by atoms with van der Waals surface area (Å²) in [6, 6.07) is 4.15. The van der Waals surface area contributed by atoms with Crippen molar-refractivity contribution in [2.24, 2.45) is 0 Å². The van der Waals surface area contributed by atoms with Crippen LogP contribution in [0.15, 0.2) is 30.7 Å². The van der Waals surface area contributed by atoms with Crippen LogP contribution in [0.3, 0.4) is 0 Å². The summed E-state index contributed by atoms with van der Waals surface area (Å²) >= 11 is 1.43. The van der Waals surface area contributed by atoms with Gasteiger partial charge in [0.1, 0.15) is 4.88 Å². The first-order valence-corrected chi connectivity index (χ1v) is 8.48. The molecule has 116 valence electrons. The zero-order chi connectivity index (χ0) is 15.4. The molecule has 1 aliphatic heterocycles. The van der Waals surface area contributed by atoms with E-state index in [4.69, 9.17) is 0 Å². The molecule has 2 aromatic rings. The number of anilines is 1. The summed E-state index contributed by atoms with van der Waals surface area (Å²) in [5.74, 6) is 0.640. The molecule has 0 bridgehead atoms. The minimum atomic E-state index is 0.106. The zero-order valence-electron chi connectivity index (χ0n) is 12.7. The van der Waals surface area contributed by atoms with Gasteiger partial charge in [-0.05, 0) is 43.4 Å². The molecule has 3 heterocycles. The minimum absolute atomic E-state index is 0.106. The van der Waals surface area contributed by atoms with Crippen LogP contribution in [0, 0.1) is 0 Å². The highest BCUT2D eigenvalue weighted by Crippen LogP contribution is 2.29. The smallest absolute Gasteiger partial charge is 0.265 e. The summed E-state index contributed by atoms with van der Waals surface area (Å²) < 4.78 is 0. The van der Waals surface area contributed by atoms with Gasteiger partial charge in [0.15, 0.2) is 5.13 Å². The molecule has 1 amide bonds. The average molecular weight is 316 g/mol. The van der Waals surface area contributed by atoms with E-state index < -0.39 is 0 Å². The Balaban J connectivity index is 1.59. The molecule has 0 aliphatic carbocycles. The molecule has 0 unspecified atom stereocenters. The molecule has 0 aromatic carbocycles. The van der Waals surface area contributed by atoms with Crippen LogP contribution in [-0.4, -0.2) is 40.4 Å². The fourth-order valence-electron chi connectivity index (χ4n) is 2.81. The van der Waals surface area contributed by atoms with Crippen LogP contribution in [-0.2, 0) is 0 Å². The van der Waals surface area contributed by atoms with Gasteiger partial charge >= 0.3 is 0 Å². The number of likely N-dealkylation sites (tertiary alicyclic amines) is 1. The summed E-state index contributed by atoms with van der Waals surface area (Å²) in [6.07, 6.45) is 7.38. The second kappa shape index (κ2) is 6.87. The van der Waals surface area contributed by atoms with Crippen molar-refractivity contribution in [2.45, 2.75) is 25.7 Å². The molecule has 0 saturated carbocycles. The molecule has 3 rings (SSSR count). The van der Waals surface area contributed by atoms with Gasteiger partial charge in [0.2, 0.25) is 0 Å². The molecule has 5 nitrogen and oxygen atoms in total. The lowest BCUT2D eigenvalue weighted by Gasteiger charge is -2.31. The summed E-state index contributed by atoms with van der Waals surface area (Å²) in [5, 5.41) is 3.96. The third-order valence-corrected chi connectivity index (χ3v) is 4.95. The monoisotopic (exact) mass is 316 g/mol. The third-order valence-electron chi connectivity index (χ3n) is 4.00. The van der Waals surface area contributed by atoms with E-state index in [0.29, 0.717) is 5.92 Å². The number of nitrogens with zero attached hydrogens (tertiary/aromatic N) is 3. The Labute approximate surface area is 134 Å². The maximum Gasteiger partial charge on any atom is 0.265 e. The summed E-state index contributed by atoms with van der Waals surface area (Å²) in [6.45, 7) is 4.45. The topological polar surface area (TPSA) is 58.1 Å². The normalized spacial score (nSPS) is 15.8. The summed E-state index contributed by atoms with van der Waals surface area (Å²) in [5.41, 5.74) is 1.33. The van der Waals surface area contributed by atoms with E-state index in [1.165, 1.54) is 16.9 Å². The number of hydrogen-bond acceptors (Lipinski definition) is 5. The van der Waals surface area contributed by atoms with Gasteiger partial charge in [-0.1, -0.05) is 11.3 Å². The van der Waals surface area contributed by atoms with E-state index in [9.17, 15) is 4.79 Å². The van der Waals surface area contributed by atoms with E-state index in [1.807, 2.05) is 24.2 Å². The number of hydrogen-bond donors (Lipinski definition) is 1. The Morgan fingerprint density at radius 1 is 1.36 bits per heavy atom. The van der Waals surface area contributed by atoms with Gasteiger partial charge in [-0.3, -0.25) is 9.78 Å². The molecule has 1 saturated heterocycles. The number of rotatable bonds is 4. The van der Waals surface area contributed by atoms with E-state index >= 15 is 0 Å². The standard InChI is InChI=1S/C16H20N4OS/c1-2-18-16-19-11-14(22-16)15(21)20-9-5-13(6-10-20)12-3-7-17-8-4-12/h3-4,7-8,11,13H,2,5-6,9-10H2,1H3,(H,18,19). The Morgan fingerprint density at radius 2 is 2.09 bits per heavy atom. The van der Waals surface area contributed by atoms with Gasteiger partial charge in [-0.15, -0.1) is 0 Å². The van der Waals surface area contributed by atoms with Crippen molar-refractivity contribution in [3.63, 3.8) is 0 Å². The Bertz CT molecular complexity index is 620. The van der Waals surface area contributed by atoms with Gasteiger partial charge in [0.25, 0.3) is 5.91 Å². The zero-order valence-corrected chi connectivity index (χ0v) is 13.5. The second-order valence-electron chi connectivity index (χ2n) is 5.41. The van der Waals surface area contributed by atoms with Gasteiger partial charge in [0, 0.05) is 32.0 Å². The van der Waals surface area contributed by atoms with Crippen LogP contribution in [0.1, 0.15) is 40.9 Å². The first-order valence-electron chi connectivity index (χ1n) is 7.67. The quantitative estimate of drug-likeness (QED) is 0.942. The molecule has 6 heteroatoms. The number of nitrogens with one attached hydrogen (secondary N) is 1. The second-order valence-corrected chi connectivity index (χ2v) is 6.44. The van der Waals surface area contributed by atoms with E-state index in [-0.39, 0.29) is 5.91 Å². The summed E-state index contributed by atoms with van der Waals surface area (Å²) in [7, 11) is 0. The molecule has 22 heavy (non-hydrogen) atoms. The number of aromatic nitrogens is 2. The van der Waals surface area contributed by atoms with Crippen LogP contribution in [0.25, 0.3) is 0 Å². The molecule has 0 radical (unpaired) electrons. The van der Waals surface area contributed by atoms with Crippen molar-refractivity contribution < 1.29 is 4.79 Å². The number of thiazole rings is 1. The minimum Gasteiger partial charge on any atom is -0.362 e. The van der Waals surface area contributed by atoms with E-state index in [1.54, 1.807) is 6.20 Å². The SMILES string of the molecule is CCNc1ncc(C(=O)N2CCC(c3ccncc3)CC2)s1. The predicted molar refractivity (Wildman–Crippen MR) is 88.4 cm³/mol. The highest BCUT2D eigenvalue weighted by molar-refractivity contribution is 7.17. The van der Waals surface area contributed by atoms with Crippen LogP contribution in [0.5, 0.6) is 0 Å².